The van der Waals surface area contributed by atoms with Gasteiger partial charge in [0.1, 0.15) is 0 Å². The lowest BCUT2D eigenvalue weighted by Crippen LogP contribution is -2.45. The van der Waals surface area contributed by atoms with Gasteiger partial charge in [-0.15, -0.1) is 0 Å². The summed E-state index contributed by atoms with van der Waals surface area (Å²) in [4.78, 5) is 37.1. The van der Waals surface area contributed by atoms with Crippen LogP contribution in [0.3, 0.4) is 0 Å². The molecule has 2 N–H and O–H groups in total. The number of ether oxygens (including phenoxy) is 1. The van der Waals surface area contributed by atoms with Gasteiger partial charge in [0.2, 0.25) is 5.91 Å². The first-order valence-corrected chi connectivity index (χ1v) is 8.40. The van der Waals surface area contributed by atoms with Gasteiger partial charge in [-0.05, 0) is 55.4 Å². The standard InChI is InChI=1S/C18H22N2O4/c19-17(22)15-5-2-8-20(10-15)16(21)11-24-18(23)14-7-6-12-3-1-4-13(12)9-14/h6-7,9,15H,1-5,8,10-11H2,(H2,19,22)/t15-/m1/s1. The number of rotatable bonds is 4. The van der Waals surface area contributed by atoms with E-state index < -0.39 is 5.97 Å². The monoisotopic (exact) mass is 330 g/mol. The van der Waals surface area contributed by atoms with Gasteiger partial charge in [-0.2, -0.15) is 0 Å². The Morgan fingerprint density at radius 3 is 2.75 bits per heavy atom. The van der Waals surface area contributed by atoms with E-state index in [1.807, 2.05) is 12.1 Å². The number of likely N-dealkylation sites (tertiary alicyclic amines) is 1. The van der Waals surface area contributed by atoms with Gasteiger partial charge < -0.3 is 15.4 Å². The number of aryl methyl sites for hydroxylation is 2. The van der Waals surface area contributed by atoms with Gasteiger partial charge in [0.15, 0.2) is 6.61 Å². The predicted octanol–water partition coefficient (Wildman–Crippen LogP) is 1.06. The van der Waals surface area contributed by atoms with Crippen LogP contribution >= 0.6 is 0 Å². The van der Waals surface area contributed by atoms with Gasteiger partial charge in [0.25, 0.3) is 5.91 Å². The third kappa shape index (κ3) is 3.58. The van der Waals surface area contributed by atoms with Crippen molar-refractivity contribution in [1.82, 2.24) is 4.90 Å². The van der Waals surface area contributed by atoms with Crippen molar-refractivity contribution in [2.75, 3.05) is 19.7 Å². The van der Waals surface area contributed by atoms with Crippen molar-refractivity contribution in [3.8, 4) is 0 Å². The number of carbonyl (C=O) groups excluding carboxylic acids is 3. The second-order valence-corrected chi connectivity index (χ2v) is 6.49. The maximum absolute atomic E-state index is 12.2. The van der Waals surface area contributed by atoms with Crippen LogP contribution in [0, 0.1) is 5.92 Å². The van der Waals surface area contributed by atoms with Gasteiger partial charge in [-0.3, -0.25) is 9.59 Å². The minimum absolute atomic E-state index is 0.282. The molecular weight excluding hydrogens is 308 g/mol. The van der Waals surface area contributed by atoms with E-state index in [-0.39, 0.29) is 24.3 Å². The molecule has 0 bridgehead atoms. The summed E-state index contributed by atoms with van der Waals surface area (Å²) in [7, 11) is 0. The Kier molecular flexibility index (Phi) is 4.83. The minimum atomic E-state index is -0.485. The number of piperidine rings is 1. The molecule has 1 fully saturated rings. The maximum Gasteiger partial charge on any atom is 0.338 e. The average molecular weight is 330 g/mol. The number of benzene rings is 1. The van der Waals surface area contributed by atoms with Crippen LogP contribution in [-0.4, -0.2) is 42.4 Å². The number of carbonyl (C=O) groups is 3. The SMILES string of the molecule is NC(=O)[C@@H]1CCCN(C(=O)COC(=O)c2ccc3c(c2)CCC3)C1. The van der Waals surface area contributed by atoms with Crippen molar-refractivity contribution in [2.24, 2.45) is 11.7 Å². The summed E-state index contributed by atoms with van der Waals surface area (Å²) in [5, 5.41) is 0. The molecule has 3 rings (SSSR count). The first kappa shape index (κ1) is 16.5. The van der Waals surface area contributed by atoms with Gasteiger partial charge in [0.05, 0.1) is 11.5 Å². The molecule has 0 saturated carbocycles. The Bertz CT molecular complexity index is 671. The number of fused-ring (bicyclic) bond motifs is 1. The summed E-state index contributed by atoms with van der Waals surface area (Å²) >= 11 is 0. The second-order valence-electron chi connectivity index (χ2n) is 6.49. The largest absolute Gasteiger partial charge is 0.452 e. The smallest absolute Gasteiger partial charge is 0.338 e. The molecule has 1 aromatic rings. The van der Waals surface area contributed by atoms with Crippen LogP contribution in [0.4, 0.5) is 0 Å². The summed E-state index contributed by atoms with van der Waals surface area (Å²) in [6.45, 7) is 0.574. The zero-order chi connectivity index (χ0) is 17.1. The molecule has 0 radical (unpaired) electrons. The van der Waals surface area contributed by atoms with Crippen molar-refractivity contribution >= 4 is 17.8 Å². The quantitative estimate of drug-likeness (QED) is 0.836. The molecule has 1 saturated heterocycles. The molecule has 1 aromatic carbocycles. The Morgan fingerprint density at radius 2 is 1.96 bits per heavy atom. The molecule has 6 nitrogen and oxygen atoms in total. The maximum atomic E-state index is 12.2. The fourth-order valence-electron chi connectivity index (χ4n) is 3.44. The van der Waals surface area contributed by atoms with Gasteiger partial charge in [0, 0.05) is 13.1 Å². The Hall–Kier alpha value is -2.37. The molecule has 6 heteroatoms. The molecule has 0 unspecified atom stereocenters. The van der Waals surface area contributed by atoms with Crippen LogP contribution < -0.4 is 5.73 Å². The summed E-state index contributed by atoms with van der Waals surface area (Å²) in [6, 6.07) is 5.57. The van der Waals surface area contributed by atoms with E-state index in [1.165, 1.54) is 11.1 Å². The number of primary amides is 1. The normalized spacial score (nSPS) is 19.7. The highest BCUT2D eigenvalue weighted by Gasteiger charge is 2.27. The molecule has 1 aliphatic carbocycles. The van der Waals surface area contributed by atoms with Crippen LogP contribution in [0.5, 0.6) is 0 Å². The number of hydrogen-bond donors (Lipinski definition) is 1. The summed E-state index contributed by atoms with van der Waals surface area (Å²) in [6.07, 6.45) is 4.59. The van der Waals surface area contributed by atoms with Gasteiger partial charge in [-0.25, -0.2) is 4.79 Å². The van der Waals surface area contributed by atoms with Crippen molar-refractivity contribution < 1.29 is 19.1 Å². The van der Waals surface area contributed by atoms with Crippen LogP contribution in [0.15, 0.2) is 18.2 Å². The molecule has 2 aliphatic rings. The van der Waals surface area contributed by atoms with Crippen molar-refractivity contribution in [2.45, 2.75) is 32.1 Å². The first-order chi connectivity index (χ1) is 11.5. The van der Waals surface area contributed by atoms with Crippen LogP contribution in [-0.2, 0) is 27.2 Å². The zero-order valence-corrected chi connectivity index (χ0v) is 13.6. The highest BCUT2D eigenvalue weighted by atomic mass is 16.5. The Labute approximate surface area is 140 Å². The molecule has 1 aliphatic heterocycles. The minimum Gasteiger partial charge on any atom is -0.452 e. The van der Waals surface area contributed by atoms with Crippen LogP contribution in [0.25, 0.3) is 0 Å². The number of esters is 1. The topological polar surface area (TPSA) is 89.7 Å². The average Bonchev–Trinajstić information content (AvgIpc) is 3.07. The summed E-state index contributed by atoms with van der Waals surface area (Å²) < 4.78 is 5.15. The molecule has 2 amide bonds. The van der Waals surface area contributed by atoms with E-state index in [2.05, 4.69) is 0 Å². The lowest BCUT2D eigenvalue weighted by Gasteiger charge is -2.31. The van der Waals surface area contributed by atoms with E-state index in [0.29, 0.717) is 25.1 Å². The fraction of sp³-hybridized carbons (Fsp3) is 0.500. The number of nitrogens with zero attached hydrogens (tertiary/aromatic N) is 1. The van der Waals surface area contributed by atoms with E-state index in [1.54, 1.807) is 11.0 Å². The second kappa shape index (κ2) is 7.03. The first-order valence-electron chi connectivity index (χ1n) is 8.40. The number of hydrogen-bond acceptors (Lipinski definition) is 4. The van der Waals surface area contributed by atoms with E-state index in [9.17, 15) is 14.4 Å². The Balaban J connectivity index is 1.54. The van der Waals surface area contributed by atoms with Crippen LogP contribution in [0.2, 0.25) is 0 Å². The van der Waals surface area contributed by atoms with Crippen molar-refractivity contribution in [1.29, 1.82) is 0 Å². The molecule has 128 valence electrons. The molecule has 1 heterocycles. The van der Waals surface area contributed by atoms with Crippen LogP contribution in [0.1, 0.15) is 40.7 Å². The number of nitrogens with two attached hydrogens (primary N) is 1. The van der Waals surface area contributed by atoms with Crippen molar-refractivity contribution in [3.63, 3.8) is 0 Å². The third-order valence-electron chi connectivity index (χ3n) is 4.84. The van der Waals surface area contributed by atoms with Crippen molar-refractivity contribution in [3.05, 3.63) is 34.9 Å². The molecular formula is C18H22N2O4. The van der Waals surface area contributed by atoms with E-state index >= 15 is 0 Å². The van der Waals surface area contributed by atoms with E-state index in [0.717, 1.165) is 25.7 Å². The molecule has 1 atom stereocenters. The summed E-state index contributed by atoms with van der Waals surface area (Å²) in [5.74, 6) is -1.46. The predicted molar refractivity (Wildman–Crippen MR) is 87.2 cm³/mol. The highest BCUT2D eigenvalue weighted by molar-refractivity contribution is 5.91. The number of amides is 2. The van der Waals surface area contributed by atoms with Gasteiger partial charge >= 0.3 is 5.97 Å². The fourth-order valence-corrected chi connectivity index (χ4v) is 3.44. The lowest BCUT2D eigenvalue weighted by atomic mass is 9.97. The van der Waals surface area contributed by atoms with E-state index in [4.69, 9.17) is 10.5 Å². The molecule has 0 aromatic heterocycles. The molecule has 0 spiro atoms. The highest BCUT2D eigenvalue weighted by Crippen LogP contribution is 2.23. The summed E-state index contributed by atoms with van der Waals surface area (Å²) in [5.41, 5.74) is 8.27. The lowest BCUT2D eigenvalue weighted by molar-refractivity contribution is -0.137. The third-order valence-corrected chi connectivity index (χ3v) is 4.84. The zero-order valence-electron chi connectivity index (χ0n) is 13.6. The Morgan fingerprint density at radius 1 is 1.17 bits per heavy atom. The van der Waals surface area contributed by atoms with Gasteiger partial charge in [-0.1, -0.05) is 6.07 Å². The molecule has 24 heavy (non-hydrogen) atoms.